The van der Waals surface area contributed by atoms with Gasteiger partial charge in [0.2, 0.25) is 5.91 Å². The van der Waals surface area contributed by atoms with E-state index in [2.05, 4.69) is 20.6 Å². The predicted octanol–water partition coefficient (Wildman–Crippen LogP) is 3.29. The van der Waals surface area contributed by atoms with Gasteiger partial charge >= 0.3 is 6.03 Å². The molecule has 33 heavy (non-hydrogen) atoms. The average molecular weight is 450 g/mol. The molecule has 0 unspecified atom stereocenters. The van der Waals surface area contributed by atoms with Gasteiger partial charge in [-0.1, -0.05) is 26.0 Å². The molecule has 1 saturated heterocycles. The molecule has 2 aromatic carbocycles. The second kappa shape index (κ2) is 9.32. The van der Waals surface area contributed by atoms with Crippen LogP contribution in [0, 0.1) is 5.92 Å². The van der Waals surface area contributed by atoms with E-state index in [1.54, 1.807) is 31.4 Å². The fraction of sp³-hybridized carbons (Fsp3) is 0.333. The number of imidazole rings is 1. The summed E-state index contributed by atoms with van der Waals surface area (Å²) in [4.78, 5) is 46.9. The van der Waals surface area contributed by atoms with E-state index in [0.717, 1.165) is 15.9 Å². The zero-order chi connectivity index (χ0) is 23.5. The molecule has 0 saturated carbocycles. The number of fused-ring (bicyclic) bond motifs is 1. The Morgan fingerprint density at radius 1 is 1.15 bits per heavy atom. The maximum absolute atomic E-state index is 12.8. The zero-order valence-corrected chi connectivity index (χ0v) is 18.8. The number of benzene rings is 2. The van der Waals surface area contributed by atoms with Crippen LogP contribution in [-0.2, 0) is 9.59 Å². The van der Waals surface area contributed by atoms with E-state index < -0.39 is 12.1 Å². The number of carbonyl (C=O) groups excluding carboxylic acids is 3. The van der Waals surface area contributed by atoms with Gasteiger partial charge in [0.1, 0.15) is 17.6 Å². The van der Waals surface area contributed by atoms with Gasteiger partial charge in [0.25, 0.3) is 5.91 Å². The first-order valence-corrected chi connectivity index (χ1v) is 10.9. The van der Waals surface area contributed by atoms with E-state index in [1.807, 2.05) is 38.1 Å². The fourth-order valence-electron chi connectivity index (χ4n) is 3.89. The molecule has 1 aliphatic rings. The average Bonchev–Trinajstić information content (AvgIpc) is 3.36. The molecule has 0 radical (unpaired) electrons. The maximum Gasteiger partial charge on any atom is 0.329 e. The molecule has 9 nitrogen and oxygen atoms in total. The summed E-state index contributed by atoms with van der Waals surface area (Å²) in [7, 11) is 1.54. The normalized spacial score (nSPS) is 16.8. The number of hydrogen-bond acceptors (Lipinski definition) is 5. The number of carbonyl (C=O) groups is 3. The number of hydrogen-bond donors (Lipinski definition) is 3. The van der Waals surface area contributed by atoms with Crippen LogP contribution in [0.5, 0.6) is 5.75 Å². The number of urea groups is 1. The lowest BCUT2D eigenvalue weighted by molar-refractivity contribution is -0.122. The Balaban J connectivity index is 1.38. The molecule has 1 aliphatic heterocycles. The summed E-state index contributed by atoms with van der Waals surface area (Å²) in [6.07, 6.45) is 0.296. The minimum Gasteiger partial charge on any atom is -0.497 e. The molecule has 0 aliphatic carbocycles. The number of aromatic amines is 1. The lowest BCUT2D eigenvalue weighted by Gasteiger charge is -2.20. The number of para-hydroxylation sites is 2. The van der Waals surface area contributed by atoms with Crippen LogP contribution < -0.4 is 20.3 Å². The van der Waals surface area contributed by atoms with Gasteiger partial charge in [-0.25, -0.2) is 14.7 Å². The summed E-state index contributed by atoms with van der Waals surface area (Å²) >= 11 is 0. The van der Waals surface area contributed by atoms with Crippen molar-refractivity contribution in [2.75, 3.05) is 12.0 Å². The number of aromatic nitrogens is 2. The van der Waals surface area contributed by atoms with Crippen LogP contribution >= 0.6 is 0 Å². The number of nitrogens with one attached hydrogen (secondary N) is 3. The van der Waals surface area contributed by atoms with Crippen molar-refractivity contribution >= 4 is 34.6 Å². The minimum absolute atomic E-state index is 0.0938. The van der Waals surface area contributed by atoms with E-state index in [0.29, 0.717) is 17.3 Å². The van der Waals surface area contributed by atoms with E-state index in [-0.39, 0.29) is 36.6 Å². The van der Waals surface area contributed by atoms with Gasteiger partial charge in [-0.2, -0.15) is 0 Å². The third kappa shape index (κ3) is 4.67. The second-order valence-electron chi connectivity index (χ2n) is 8.34. The summed E-state index contributed by atoms with van der Waals surface area (Å²) in [5, 5.41) is 5.68. The molecule has 1 fully saturated rings. The van der Waals surface area contributed by atoms with Crippen LogP contribution in [0.25, 0.3) is 11.0 Å². The minimum atomic E-state index is -0.756. The number of nitrogens with zero attached hydrogens (tertiary/aromatic N) is 2. The van der Waals surface area contributed by atoms with Gasteiger partial charge < -0.3 is 20.4 Å². The number of ether oxygens (including phenoxy) is 1. The summed E-state index contributed by atoms with van der Waals surface area (Å²) in [5.41, 5.74) is 2.20. The van der Waals surface area contributed by atoms with Gasteiger partial charge in [0.05, 0.1) is 29.9 Å². The van der Waals surface area contributed by atoms with Crippen molar-refractivity contribution in [2.24, 2.45) is 5.92 Å². The summed E-state index contributed by atoms with van der Waals surface area (Å²) < 4.78 is 5.11. The first-order valence-electron chi connectivity index (χ1n) is 10.9. The van der Waals surface area contributed by atoms with Gasteiger partial charge in [0.15, 0.2) is 0 Å². The van der Waals surface area contributed by atoms with E-state index in [1.165, 1.54) is 0 Å². The number of methoxy groups -OCH3 is 1. The first-order chi connectivity index (χ1) is 15.9. The molecule has 1 aromatic heterocycles. The van der Waals surface area contributed by atoms with Crippen LogP contribution in [0.4, 0.5) is 10.5 Å². The van der Waals surface area contributed by atoms with Crippen LogP contribution in [0.15, 0.2) is 48.5 Å². The van der Waals surface area contributed by atoms with Crippen LogP contribution in [0.3, 0.4) is 0 Å². The van der Waals surface area contributed by atoms with Crippen molar-refractivity contribution in [1.82, 2.24) is 20.6 Å². The van der Waals surface area contributed by atoms with Crippen molar-refractivity contribution in [2.45, 2.75) is 38.8 Å². The predicted molar refractivity (Wildman–Crippen MR) is 124 cm³/mol. The number of amides is 4. The largest absolute Gasteiger partial charge is 0.497 e. The molecule has 0 bridgehead atoms. The Morgan fingerprint density at radius 3 is 2.55 bits per heavy atom. The van der Waals surface area contributed by atoms with Gasteiger partial charge in [0, 0.05) is 6.42 Å². The van der Waals surface area contributed by atoms with Crippen LogP contribution in [0.1, 0.15) is 38.6 Å². The molecule has 3 aromatic rings. The number of imide groups is 1. The SMILES string of the molecule is COc1ccc(N2C(=O)N[C@H](CCC(=O)N[C@@H](c3nc4ccccc4[nH]3)C(C)C)C2=O)cc1. The highest BCUT2D eigenvalue weighted by atomic mass is 16.5. The topological polar surface area (TPSA) is 116 Å². The number of rotatable bonds is 8. The Kier molecular flexibility index (Phi) is 6.30. The Hall–Kier alpha value is -3.88. The van der Waals surface area contributed by atoms with Crippen molar-refractivity contribution < 1.29 is 19.1 Å². The Labute approximate surface area is 191 Å². The molecule has 4 rings (SSSR count). The molecule has 172 valence electrons. The molecule has 2 heterocycles. The quantitative estimate of drug-likeness (QED) is 0.456. The van der Waals surface area contributed by atoms with Gasteiger partial charge in [-0.3, -0.25) is 9.59 Å². The molecule has 9 heteroatoms. The molecule has 4 amide bonds. The van der Waals surface area contributed by atoms with E-state index in [9.17, 15) is 14.4 Å². The second-order valence-corrected chi connectivity index (χ2v) is 8.34. The highest BCUT2D eigenvalue weighted by Gasteiger charge is 2.39. The smallest absolute Gasteiger partial charge is 0.329 e. The number of anilines is 1. The van der Waals surface area contributed by atoms with Crippen molar-refractivity contribution in [3.8, 4) is 5.75 Å². The van der Waals surface area contributed by atoms with E-state index in [4.69, 9.17) is 4.74 Å². The van der Waals surface area contributed by atoms with Gasteiger partial charge in [-0.15, -0.1) is 0 Å². The van der Waals surface area contributed by atoms with Crippen LogP contribution in [0.2, 0.25) is 0 Å². The standard InChI is InChI=1S/C24H27N5O4/c1-14(2)21(22-25-17-6-4-5-7-18(17)26-22)28-20(30)13-12-19-23(31)29(24(32)27-19)15-8-10-16(33-3)11-9-15/h4-11,14,19,21H,12-13H2,1-3H3,(H,25,26)(H,27,32)(H,28,30)/t19-,21-/m1/s1. The highest BCUT2D eigenvalue weighted by Crippen LogP contribution is 2.25. The lowest BCUT2D eigenvalue weighted by atomic mass is 10.0. The third-order valence-corrected chi connectivity index (χ3v) is 5.70. The monoisotopic (exact) mass is 449 g/mol. The molecule has 0 spiro atoms. The lowest BCUT2D eigenvalue weighted by Crippen LogP contribution is -2.35. The molecular weight excluding hydrogens is 422 g/mol. The molecule has 3 N–H and O–H groups in total. The summed E-state index contributed by atoms with van der Waals surface area (Å²) in [5.74, 6) is 0.835. The third-order valence-electron chi connectivity index (χ3n) is 5.70. The Bertz CT molecular complexity index is 1140. The van der Waals surface area contributed by atoms with Crippen molar-refractivity contribution in [1.29, 1.82) is 0 Å². The highest BCUT2D eigenvalue weighted by molar-refractivity contribution is 6.21. The zero-order valence-electron chi connectivity index (χ0n) is 18.8. The first kappa shape index (κ1) is 22.3. The number of H-pyrrole nitrogens is 1. The van der Waals surface area contributed by atoms with Crippen molar-refractivity contribution in [3.63, 3.8) is 0 Å². The Morgan fingerprint density at radius 2 is 1.88 bits per heavy atom. The summed E-state index contributed by atoms with van der Waals surface area (Å²) in [6.45, 7) is 4.01. The van der Waals surface area contributed by atoms with Gasteiger partial charge in [-0.05, 0) is 48.7 Å². The molecular formula is C24H27N5O4. The van der Waals surface area contributed by atoms with Crippen molar-refractivity contribution in [3.05, 3.63) is 54.4 Å². The van der Waals surface area contributed by atoms with Crippen LogP contribution in [-0.4, -0.2) is 41.0 Å². The maximum atomic E-state index is 12.8. The summed E-state index contributed by atoms with van der Waals surface area (Å²) in [6, 6.07) is 12.8. The fourth-order valence-corrected chi connectivity index (χ4v) is 3.89. The molecule has 2 atom stereocenters. The van der Waals surface area contributed by atoms with E-state index >= 15 is 0 Å².